The molecule has 1 aromatic heterocycles. The van der Waals surface area contributed by atoms with Crippen molar-refractivity contribution in [2.24, 2.45) is 0 Å². The van der Waals surface area contributed by atoms with Crippen molar-refractivity contribution in [1.29, 1.82) is 0 Å². The minimum absolute atomic E-state index is 0.157. The average Bonchev–Trinajstić information content (AvgIpc) is 3.17. The molecular formula is C21H21NO5. The standard InChI is InChI=1S/C21H21NO5/c1-25-16-7-9-19(26-2)15(11-16)12-17-8-10-20(27-17)21(24)22-18-6-4-3-5-14(18)13-23/h3-11,23H,12-13H2,1-2H3,(H,22,24). The molecule has 0 atom stereocenters. The van der Waals surface area contributed by atoms with Gasteiger partial charge in [-0.3, -0.25) is 4.79 Å². The van der Waals surface area contributed by atoms with Crippen molar-refractivity contribution in [3.05, 3.63) is 77.2 Å². The number of hydrogen-bond donors (Lipinski definition) is 2. The molecule has 27 heavy (non-hydrogen) atoms. The molecule has 1 amide bonds. The Bertz CT molecular complexity index is 932. The lowest BCUT2D eigenvalue weighted by Crippen LogP contribution is -2.12. The van der Waals surface area contributed by atoms with E-state index in [1.165, 1.54) is 0 Å². The summed E-state index contributed by atoms with van der Waals surface area (Å²) in [5.74, 6) is 1.88. The van der Waals surface area contributed by atoms with Crippen molar-refractivity contribution in [3.8, 4) is 11.5 Å². The number of nitrogens with one attached hydrogen (secondary N) is 1. The van der Waals surface area contributed by atoms with Crippen LogP contribution in [-0.4, -0.2) is 25.2 Å². The molecule has 0 saturated heterocycles. The first-order valence-electron chi connectivity index (χ1n) is 8.44. The minimum Gasteiger partial charge on any atom is -0.497 e. The highest BCUT2D eigenvalue weighted by atomic mass is 16.5. The number of benzene rings is 2. The number of carbonyl (C=O) groups excluding carboxylic acids is 1. The molecule has 2 N–H and O–H groups in total. The van der Waals surface area contributed by atoms with Gasteiger partial charge < -0.3 is 24.3 Å². The van der Waals surface area contributed by atoms with Gasteiger partial charge in [-0.15, -0.1) is 0 Å². The Morgan fingerprint density at radius 1 is 1.04 bits per heavy atom. The third-order valence-corrected chi connectivity index (χ3v) is 4.17. The van der Waals surface area contributed by atoms with Crippen LogP contribution in [0.3, 0.4) is 0 Å². The number of furan rings is 1. The van der Waals surface area contributed by atoms with E-state index >= 15 is 0 Å². The third-order valence-electron chi connectivity index (χ3n) is 4.17. The van der Waals surface area contributed by atoms with Crippen LogP contribution in [0.15, 0.2) is 59.0 Å². The Kier molecular flexibility index (Phi) is 5.78. The van der Waals surface area contributed by atoms with Gasteiger partial charge in [-0.2, -0.15) is 0 Å². The van der Waals surface area contributed by atoms with Crippen molar-refractivity contribution < 1.29 is 23.8 Å². The van der Waals surface area contributed by atoms with Crippen LogP contribution < -0.4 is 14.8 Å². The lowest BCUT2D eigenvalue weighted by atomic mass is 10.1. The fraction of sp³-hybridized carbons (Fsp3) is 0.190. The van der Waals surface area contributed by atoms with E-state index in [2.05, 4.69) is 5.32 Å². The molecule has 0 aliphatic carbocycles. The van der Waals surface area contributed by atoms with Gasteiger partial charge >= 0.3 is 0 Å². The largest absolute Gasteiger partial charge is 0.497 e. The predicted octanol–water partition coefficient (Wildman–Crippen LogP) is 3.63. The SMILES string of the molecule is COc1ccc(OC)c(Cc2ccc(C(=O)Nc3ccccc3CO)o2)c1. The van der Waals surface area contributed by atoms with E-state index in [1.54, 1.807) is 50.6 Å². The number of ether oxygens (including phenoxy) is 2. The maximum Gasteiger partial charge on any atom is 0.291 e. The van der Waals surface area contributed by atoms with E-state index in [0.29, 0.717) is 23.4 Å². The first-order valence-corrected chi connectivity index (χ1v) is 8.44. The van der Waals surface area contributed by atoms with Crippen molar-refractivity contribution in [2.75, 3.05) is 19.5 Å². The Labute approximate surface area is 157 Å². The molecule has 6 heteroatoms. The maximum atomic E-state index is 12.4. The molecule has 2 aromatic carbocycles. The highest BCUT2D eigenvalue weighted by molar-refractivity contribution is 6.02. The molecule has 0 saturated carbocycles. The first-order chi connectivity index (χ1) is 13.1. The zero-order chi connectivity index (χ0) is 19.2. The molecule has 6 nitrogen and oxygen atoms in total. The molecule has 3 rings (SSSR count). The Hall–Kier alpha value is -3.25. The number of carbonyl (C=O) groups is 1. The second-order valence-corrected chi connectivity index (χ2v) is 5.89. The second-order valence-electron chi connectivity index (χ2n) is 5.89. The average molecular weight is 367 g/mol. The number of rotatable bonds is 7. The zero-order valence-corrected chi connectivity index (χ0v) is 15.2. The molecule has 1 heterocycles. The molecule has 0 radical (unpaired) electrons. The molecule has 0 aliphatic heterocycles. The predicted molar refractivity (Wildman–Crippen MR) is 101 cm³/mol. The summed E-state index contributed by atoms with van der Waals surface area (Å²) in [6.45, 7) is -0.157. The van der Waals surface area contributed by atoms with Crippen LogP contribution in [0.25, 0.3) is 0 Å². The van der Waals surface area contributed by atoms with E-state index in [0.717, 1.165) is 17.1 Å². The normalized spacial score (nSPS) is 10.5. The van der Waals surface area contributed by atoms with E-state index in [1.807, 2.05) is 18.2 Å². The quantitative estimate of drug-likeness (QED) is 0.666. The molecular weight excluding hydrogens is 346 g/mol. The Balaban J connectivity index is 1.76. The summed E-state index contributed by atoms with van der Waals surface area (Å²) in [5, 5.41) is 12.1. The molecule has 0 fully saturated rings. The summed E-state index contributed by atoms with van der Waals surface area (Å²) in [6.07, 6.45) is 0.459. The van der Waals surface area contributed by atoms with Gasteiger partial charge in [0.05, 0.1) is 20.8 Å². The van der Waals surface area contributed by atoms with Gasteiger partial charge in [0.15, 0.2) is 5.76 Å². The van der Waals surface area contributed by atoms with Gasteiger partial charge in [0.25, 0.3) is 5.91 Å². The van der Waals surface area contributed by atoms with Gasteiger partial charge in [0, 0.05) is 23.2 Å². The van der Waals surface area contributed by atoms with Crippen molar-refractivity contribution >= 4 is 11.6 Å². The van der Waals surface area contributed by atoms with Gasteiger partial charge in [-0.05, 0) is 36.4 Å². The molecule has 0 aliphatic rings. The van der Waals surface area contributed by atoms with Gasteiger partial charge in [-0.1, -0.05) is 18.2 Å². The monoisotopic (exact) mass is 367 g/mol. The van der Waals surface area contributed by atoms with E-state index in [-0.39, 0.29) is 18.3 Å². The van der Waals surface area contributed by atoms with Crippen LogP contribution in [0.4, 0.5) is 5.69 Å². The number of hydrogen-bond acceptors (Lipinski definition) is 5. The molecule has 3 aromatic rings. The number of aliphatic hydroxyl groups is 1. The number of amides is 1. The van der Waals surface area contributed by atoms with Gasteiger partial charge in [-0.25, -0.2) is 0 Å². The number of anilines is 1. The third kappa shape index (κ3) is 4.30. The van der Waals surface area contributed by atoms with Crippen LogP contribution in [0.1, 0.15) is 27.4 Å². The molecule has 140 valence electrons. The zero-order valence-electron chi connectivity index (χ0n) is 15.2. The van der Waals surface area contributed by atoms with E-state index in [9.17, 15) is 9.90 Å². The number of para-hydroxylation sites is 1. The van der Waals surface area contributed by atoms with Gasteiger partial charge in [0.2, 0.25) is 0 Å². The summed E-state index contributed by atoms with van der Waals surface area (Å²) < 4.78 is 16.3. The summed E-state index contributed by atoms with van der Waals surface area (Å²) >= 11 is 0. The fourth-order valence-corrected chi connectivity index (χ4v) is 2.77. The van der Waals surface area contributed by atoms with Crippen LogP contribution in [0, 0.1) is 0 Å². The Morgan fingerprint density at radius 3 is 2.59 bits per heavy atom. The highest BCUT2D eigenvalue weighted by Crippen LogP contribution is 2.27. The van der Waals surface area contributed by atoms with Crippen LogP contribution in [-0.2, 0) is 13.0 Å². The summed E-state index contributed by atoms with van der Waals surface area (Å²) in [7, 11) is 3.20. The smallest absolute Gasteiger partial charge is 0.291 e. The minimum atomic E-state index is -0.375. The van der Waals surface area contributed by atoms with E-state index in [4.69, 9.17) is 13.9 Å². The van der Waals surface area contributed by atoms with Crippen LogP contribution >= 0.6 is 0 Å². The van der Waals surface area contributed by atoms with Crippen LogP contribution in [0.2, 0.25) is 0 Å². The Morgan fingerprint density at radius 2 is 1.85 bits per heavy atom. The summed E-state index contributed by atoms with van der Waals surface area (Å²) in [4.78, 5) is 12.4. The highest BCUT2D eigenvalue weighted by Gasteiger charge is 2.15. The number of aliphatic hydroxyl groups excluding tert-OH is 1. The van der Waals surface area contributed by atoms with Crippen molar-refractivity contribution in [3.63, 3.8) is 0 Å². The van der Waals surface area contributed by atoms with E-state index < -0.39 is 0 Å². The lowest BCUT2D eigenvalue weighted by molar-refractivity contribution is 0.0995. The molecule has 0 spiro atoms. The summed E-state index contributed by atoms with van der Waals surface area (Å²) in [5.41, 5.74) is 2.08. The maximum absolute atomic E-state index is 12.4. The lowest BCUT2D eigenvalue weighted by Gasteiger charge is -2.09. The fourth-order valence-electron chi connectivity index (χ4n) is 2.77. The van der Waals surface area contributed by atoms with Gasteiger partial charge in [0.1, 0.15) is 17.3 Å². The van der Waals surface area contributed by atoms with Crippen LogP contribution in [0.5, 0.6) is 11.5 Å². The number of methoxy groups -OCH3 is 2. The first kappa shape index (κ1) is 18.5. The molecule has 0 unspecified atom stereocenters. The second kappa shape index (κ2) is 8.42. The topological polar surface area (TPSA) is 80.9 Å². The van der Waals surface area contributed by atoms with Crippen molar-refractivity contribution in [2.45, 2.75) is 13.0 Å². The molecule has 0 bridgehead atoms. The van der Waals surface area contributed by atoms with Crippen molar-refractivity contribution in [1.82, 2.24) is 0 Å². The summed E-state index contributed by atoms with van der Waals surface area (Å²) in [6, 6.07) is 16.0.